The molecular weight excluding hydrogens is 390 g/mol. The van der Waals surface area contributed by atoms with Crippen LogP contribution >= 0.6 is 0 Å². The SMILES string of the molecule is O=C(c1ccc(COc2ccc([N+](=O)[O-])cc2)o1)N1CCN(Cc2ccco2)CC1. The van der Waals surface area contributed by atoms with Crippen molar-refractivity contribution in [3.63, 3.8) is 0 Å². The largest absolute Gasteiger partial charge is 0.486 e. The number of carbonyl (C=O) groups is 1. The average molecular weight is 411 g/mol. The maximum absolute atomic E-state index is 12.7. The zero-order chi connectivity index (χ0) is 20.9. The molecule has 1 aliphatic heterocycles. The lowest BCUT2D eigenvalue weighted by Gasteiger charge is -2.33. The number of hydrogen-bond acceptors (Lipinski definition) is 7. The lowest BCUT2D eigenvalue weighted by Crippen LogP contribution is -2.48. The van der Waals surface area contributed by atoms with Crippen LogP contribution in [0.25, 0.3) is 0 Å². The third kappa shape index (κ3) is 4.69. The maximum Gasteiger partial charge on any atom is 0.289 e. The van der Waals surface area contributed by atoms with Gasteiger partial charge in [-0.2, -0.15) is 0 Å². The summed E-state index contributed by atoms with van der Waals surface area (Å²) in [6.07, 6.45) is 1.66. The smallest absolute Gasteiger partial charge is 0.289 e. The highest BCUT2D eigenvalue weighted by molar-refractivity contribution is 5.91. The molecule has 0 spiro atoms. The lowest BCUT2D eigenvalue weighted by atomic mass is 10.2. The van der Waals surface area contributed by atoms with Crippen LogP contribution in [-0.2, 0) is 13.2 Å². The molecule has 2 aromatic heterocycles. The van der Waals surface area contributed by atoms with Crippen LogP contribution in [0.1, 0.15) is 22.1 Å². The van der Waals surface area contributed by atoms with E-state index in [1.807, 2.05) is 12.1 Å². The number of carbonyl (C=O) groups excluding carboxylic acids is 1. The highest BCUT2D eigenvalue weighted by Gasteiger charge is 2.24. The molecular formula is C21H21N3O6. The molecule has 0 atom stereocenters. The molecule has 0 N–H and O–H groups in total. The van der Waals surface area contributed by atoms with E-state index in [1.165, 1.54) is 24.3 Å². The van der Waals surface area contributed by atoms with Crippen LogP contribution in [0.15, 0.2) is 63.6 Å². The van der Waals surface area contributed by atoms with Gasteiger partial charge in [0.2, 0.25) is 0 Å². The molecule has 9 nitrogen and oxygen atoms in total. The van der Waals surface area contributed by atoms with Crippen LogP contribution in [0.3, 0.4) is 0 Å². The summed E-state index contributed by atoms with van der Waals surface area (Å²) >= 11 is 0. The first-order valence-corrected chi connectivity index (χ1v) is 9.58. The molecule has 9 heteroatoms. The van der Waals surface area contributed by atoms with Crippen LogP contribution in [-0.4, -0.2) is 46.8 Å². The highest BCUT2D eigenvalue weighted by atomic mass is 16.6. The maximum atomic E-state index is 12.7. The molecule has 1 saturated heterocycles. The predicted octanol–water partition coefficient (Wildman–Crippen LogP) is 3.32. The van der Waals surface area contributed by atoms with Crippen molar-refractivity contribution >= 4 is 11.6 Å². The number of rotatable bonds is 7. The van der Waals surface area contributed by atoms with E-state index in [-0.39, 0.29) is 24.0 Å². The van der Waals surface area contributed by atoms with Crippen molar-refractivity contribution in [1.82, 2.24) is 9.80 Å². The van der Waals surface area contributed by atoms with Gasteiger partial charge in [0.25, 0.3) is 11.6 Å². The normalized spacial score (nSPS) is 14.6. The van der Waals surface area contributed by atoms with Gasteiger partial charge in [0.05, 0.1) is 17.7 Å². The number of nitro benzene ring substituents is 1. The number of benzene rings is 1. The molecule has 0 bridgehead atoms. The van der Waals surface area contributed by atoms with Crippen molar-refractivity contribution in [1.29, 1.82) is 0 Å². The van der Waals surface area contributed by atoms with E-state index < -0.39 is 4.92 Å². The number of piperazine rings is 1. The van der Waals surface area contributed by atoms with E-state index in [1.54, 1.807) is 23.3 Å². The number of hydrogen-bond donors (Lipinski definition) is 0. The summed E-state index contributed by atoms with van der Waals surface area (Å²) in [4.78, 5) is 26.9. The zero-order valence-electron chi connectivity index (χ0n) is 16.2. The van der Waals surface area contributed by atoms with E-state index >= 15 is 0 Å². The molecule has 0 radical (unpaired) electrons. The standard InChI is InChI=1S/C21H21N3O6/c25-21(23-11-9-22(10-12-23)14-18-2-1-13-28-18)20-8-7-19(30-20)15-29-17-5-3-16(4-6-17)24(26)27/h1-8,13H,9-12,14-15H2. The number of nitrogens with zero attached hydrogens (tertiary/aromatic N) is 3. The van der Waals surface area contributed by atoms with E-state index in [4.69, 9.17) is 13.6 Å². The molecule has 3 heterocycles. The van der Waals surface area contributed by atoms with Crippen LogP contribution < -0.4 is 4.74 Å². The Kier molecular flexibility index (Phi) is 5.80. The van der Waals surface area contributed by atoms with Crippen LogP contribution in [0.4, 0.5) is 5.69 Å². The summed E-state index contributed by atoms with van der Waals surface area (Å²) in [5.74, 6) is 2.04. The molecule has 4 rings (SSSR count). The Morgan fingerprint density at radius 2 is 1.80 bits per heavy atom. The van der Waals surface area contributed by atoms with Crippen molar-refractivity contribution in [2.45, 2.75) is 13.2 Å². The first-order valence-electron chi connectivity index (χ1n) is 9.58. The number of ether oxygens (including phenoxy) is 1. The van der Waals surface area contributed by atoms with Crippen LogP contribution in [0.2, 0.25) is 0 Å². The Bertz CT molecular complexity index is 988. The second-order valence-electron chi connectivity index (χ2n) is 6.95. The van der Waals surface area contributed by atoms with E-state index in [9.17, 15) is 14.9 Å². The van der Waals surface area contributed by atoms with Gasteiger partial charge in [-0.25, -0.2) is 0 Å². The Labute approximate surface area is 172 Å². The fourth-order valence-corrected chi connectivity index (χ4v) is 3.28. The van der Waals surface area contributed by atoms with E-state index in [0.717, 1.165) is 25.4 Å². The minimum absolute atomic E-state index is 0.00233. The van der Waals surface area contributed by atoms with E-state index in [2.05, 4.69) is 4.90 Å². The number of nitro groups is 1. The second-order valence-corrected chi connectivity index (χ2v) is 6.95. The average Bonchev–Trinajstić information content (AvgIpc) is 3.45. The summed E-state index contributed by atoms with van der Waals surface area (Å²) in [6, 6.07) is 13.0. The van der Waals surface area contributed by atoms with Crippen molar-refractivity contribution in [3.05, 3.63) is 82.2 Å². The van der Waals surface area contributed by atoms with Crippen molar-refractivity contribution in [2.75, 3.05) is 26.2 Å². The quantitative estimate of drug-likeness (QED) is 0.434. The number of amides is 1. The molecule has 0 saturated carbocycles. The van der Waals surface area contributed by atoms with Gasteiger partial charge in [0.1, 0.15) is 23.9 Å². The van der Waals surface area contributed by atoms with Gasteiger partial charge in [-0.15, -0.1) is 0 Å². The number of non-ortho nitro benzene ring substituents is 1. The fraction of sp³-hybridized carbons (Fsp3) is 0.286. The Balaban J connectivity index is 1.27. The lowest BCUT2D eigenvalue weighted by molar-refractivity contribution is -0.384. The molecule has 1 amide bonds. The first-order chi connectivity index (χ1) is 14.6. The van der Waals surface area contributed by atoms with Crippen molar-refractivity contribution < 1.29 is 23.3 Å². The van der Waals surface area contributed by atoms with Crippen molar-refractivity contribution in [3.8, 4) is 5.75 Å². The fourth-order valence-electron chi connectivity index (χ4n) is 3.28. The molecule has 30 heavy (non-hydrogen) atoms. The minimum atomic E-state index is -0.467. The second kappa shape index (κ2) is 8.83. The Morgan fingerprint density at radius 1 is 1.03 bits per heavy atom. The van der Waals surface area contributed by atoms with Crippen LogP contribution in [0.5, 0.6) is 5.75 Å². The number of furan rings is 2. The predicted molar refractivity (Wildman–Crippen MR) is 106 cm³/mol. The third-order valence-electron chi connectivity index (χ3n) is 4.92. The Morgan fingerprint density at radius 3 is 2.47 bits per heavy atom. The molecule has 0 unspecified atom stereocenters. The molecule has 1 aliphatic rings. The van der Waals surface area contributed by atoms with Gasteiger partial charge < -0.3 is 18.5 Å². The summed E-state index contributed by atoms with van der Waals surface area (Å²) in [5.41, 5.74) is -0.00233. The minimum Gasteiger partial charge on any atom is -0.486 e. The first kappa shape index (κ1) is 19.7. The van der Waals surface area contributed by atoms with Crippen molar-refractivity contribution in [2.24, 2.45) is 0 Å². The molecule has 156 valence electrons. The van der Waals surface area contributed by atoms with Crippen LogP contribution in [0, 0.1) is 10.1 Å². The summed E-state index contributed by atoms with van der Waals surface area (Å²) in [7, 11) is 0. The molecule has 1 aromatic carbocycles. The molecule has 0 aliphatic carbocycles. The van der Waals surface area contributed by atoms with Gasteiger partial charge in [-0.3, -0.25) is 19.8 Å². The van der Waals surface area contributed by atoms with E-state index in [0.29, 0.717) is 24.6 Å². The van der Waals surface area contributed by atoms with Gasteiger partial charge in [-0.05, 0) is 36.4 Å². The summed E-state index contributed by atoms with van der Waals surface area (Å²) in [5, 5.41) is 10.7. The van der Waals surface area contributed by atoms with Gasteiger partial charge in [-0.1, -0.05) is 0 Å². The topological polar surface area (TPSA) is 102 Å². The molecule has 1 fully saturated rings. The van der Waals surface area contributed by atoms with Gasteiger partial charge in [0.15, 0.2) is 5.76 Å². The highest BCUT2D eigenvalue weighted by Crippen LogP contribution is 2.20. The summed E-state index contributed by atoms with van der Waals surface area (Å²) < 4.78 is 16.6. The summed E-state index contributed by atoms with van der Waals surface area (Å²) in [6.45, 7) is 3.64. The Hall–Kier alpha value is -3.59. The zero-order valence-corrected chi connectivity index (χ0v) is 16.2. The van der Waals surface area contributed by atoms with Gasteiger partial charge >= 0.3 is 0 Å². The van der Waals surface area contributed by atoms with Gasteiger partial charge in [0, 0.05) is 38.3 Å². The molecule has 3 aromatic rings. The third-order valence-corrected chi connectivity index (χ3v) is 4.92. The monoisotopic (exact) mass is 411 g/mol.